The van der Waals surface area contributed by atoms with Crippen molar-refractivity contribution >= 4 is 17.9 Å². The molecule has 152 valence electrons. The molecule has 1 aliphatic heterocycles. The molecule has 6 heteroatoms. The van der Waals surface area contributed by atoms with Crippen LogP contribution in [0.1, 0.15) is 52.5 Å². The molecule has 2 atom stereocenters. The maximum Gasteiger partial charge on any atom is 0.324 e. The third-order valence-electron chi connectivity index (χ3n) is 4.31. The van der Waals surface area contributed by atoms with Crippen LogP contribution in [-0.4, -0.2) is 29.3 Å². The maximum absolute atomic E-state index is 13.0. The van der Waals surface area contributed by atoms with Crippen molar-refractivity contribution in [1.29, 1.82) is 0 Å². The first-order chi connectivity index (χ1) is 12.9. The topological polar surface area (TPSA) is 78.9 Å². The van der Waals surface area contributed by atoms with Crippen LogP contribution in [0.3, 0.4) is 0 Å². The molecule has 1 heterocycles. The molecule has 1 aromatic rings. The highest BCUT2D eigenvalue weighted by Gasteiger charge is 2.51. The second-order valence-corrected chi connectivity index (χ2v) is 8.32. The minimum Gasteiger partial charge on any atom is -0.460 e. The van der Waals surface area contributed by atoms with Crippen molar-refractivity contribution < 1.29 is 28.6 Å². The molecule has 1 fully saturated rings. The van der Waals surface area contributed by atoms with Crippen molar-refractivity contribution in [1.82, 2.24) is 0 Å². The standard InChI is InChI=1S/C22H28O6/c1-7-11-15(18(23)26-21(2,3)4)16(14-12-9-8-10-13-14)17-19(24)27-22(5,6)28-20(17)25/h7-10,12-13,15-17H,1,11H2,2-6H3/t15-,16-/m1/s1. The Morgan fingerprint density at radius 3 is 2.18 bits per heavy atom. The molecule has 1 aromatic carbocycles. The number of carbonyl (C=O) groups is 3. The van der Waals surface area contributed by atoms with Crippen molar-refractivity contribution in [2.24, 2.45) is 11.8 Å². The summed E-state index contributed by atoms with van der Waals surface area (Å²) in [5.74, 6) is -6.15. The molecule has 0 spiro atoms. The van der Waals surface area contributed by atoms with E-state index in [-0.39, 0.29) is 6.42 Å². The van der Waals surface area contributed by atoms with Gasteiger partial charge < -0.3 is 14.2 Å². The molecule has 0 saturated carbocycles. The second kappa shape index (κ2) is 8.17. The minimum atomic E-state index is -1.34. The number of rotatable bonds is 6. The third-order valence-corrected chi connectivity index (χ3v) is 4.31. The summed E-state index contributed by atoms with van der Waals surface area (Å²) in [4.78, 5) is 38.5. The van der Waals surface area contributed by atoms with E-state index < -0.39 is 47.0 Å². The lowest BCUT2D eigenvalue weighted by Crippen LogP contribution is -2.50. The lowest BCUT2D eigenvalue weighted by molar-refractivity contribution is -0.241. The van der Waals surface area contributed by atoms with Gasteiger partial charge in [-0.3, -0.25) is 14.4 Å². The van der Waals surface area contributed by atoms with Crippen molar-refractivity contribution in [3.8, 4) is 0 Å². The first-order valence-corrected chi connectivity index (χ1v) is 9.29. The number of ether oxygens (including phenoxy) is 3. The highest BCUT2D eigenvalue weighted by molar-refractivity contribution is 5.98. The molecule has 6 nitrogen and oxygen atoms in total. The van der Waals surface area contributed by atoms with Crippen LogP contribution in [0, 0.1) is 11.8 Å². The van der Waals surface area contributed by atoms with Gasteiger partial charge in [0, 0.05) is 19.8 Å². The molecule has 0 N–H and O–H groups in total. The van der Waals surface area contributed by atoms with Crippen LogP contribution in [0.15, 0.2) is 43.0 Å². The van der Waals surface area contributed by atoms with Crippen LogP contribution >= 0.6 is 0 Å². The van der Waals surface area contributed by atoms with E-state index in [0.717, 1.165) is 0 Å². The lowest BCUT2D eigenvalue weighted by atomic mass is 9.74. The van der Waals surface area contributed by atoms with Gasteiger partial charge >= 0.3 is 17.9 Å². The van der Waals surface area contributed by atoms with Gasteiger partial charge in [-0.25, -0.2) is 0 Å². The number of carbonyl (C=O) groups excluding carboxylic acids is 3. The van der Waals surface area contributed by atoms with E-state index in [1.165, 1.54) is 13.8 Å². The Balaban J connectivity index is 2.52. The van der Waals surface area contributed by atoms with Crippen molar-refractivity contribution in [2.45, 2.75) is 58.3 Å². The quantitative estimate of drug-likeness (QED) is 0.419. The van der Waals surface area contributed by atoms with Crippen molar-refractivity contribution in [3.05, 3.63) is 48.6 Å². The monoisotopic (exact) mass is 388 g/mol. The Labute approximate surface area is 165 Å². The van der Waals surface area contributed by atoms with Gasteiger partial charge in [-0.15, -0.1) is 6.58 Å². The number of cyclic esters (lactones) is 2. The fourth-order valence-electron chi connectivity index (χ4n) is 3.30. The van der Waals surface area contributed by atoms with Crippen LogP contribution in [0.25, 0.3) is 0 Å². The Morgan fingerprint density at radius 2 is 1.71 bits per heavy atom. The molecular formula is C22H28O6. The number of esters is 3. The van der Waals surface area contributed by atoms with Gasteiger partial charge in [-0.1, -0.05) is 36.4 Å². The summed E-state index contributed by atoms with van der Waals surface area (Å²) < 4.78 is 16.2. The van der Waals surface area contributed by atoms with Gasteiger partial charge in [0.2, 0.25) is 0 Å². The van der Waals surface area contributed by atoms with E-state index in [1.807, 2.05) is 6.07 Å². The van der Waals surface area contributed by atoms with Gasteiger partial charge in [-0.05, 0) is 32.8 Å². The zero-order valence-electron chi connectivity index (χ0n) is 17.1. The molecule has 0 bridgehead atoms. The van der Waals surface area contributed by atoms with E-state index in [9.17, 15) is 14.4 Å². The average molecular weight is 388 g/mol. The lowest BCUT2D eigenvalue weighted by Gasteiger charge is -2.38. The smallest absolute Gasteiger partial charge is 0.324 e. The normalized spacial score (nSPS) is 19.2. The number of hydrogen-bond acceptors (Lipinski definition) is 6. The Kier molecular flexibility index (Phi) is 6.32. The van der Waals surface area contributed by atoms with Crippen molar-refractivity contribution in [2.75, 3.05) is 0 Å². The summed E-state index contributed by atoms with van der Waals surface area (Å²) >= 11 is 0. The number of allylic oxidation sites excluding steroid dienone is 1. The van der Waals surface area contributed by atoms with E-state index in [4.69, 9.17) is 14.2 Å². The van der Waals surface area contributed by atoms with Gasteiger partial charge in [0.25, 0.3) is 5.79 Å². The summed E-state index contributed by atoms with van der Waals surface area (Å²) in [6, 6.07) is 8.92. The molecular weight excluding hydrogens is 360 g/mol. The third kappa shape index (κ3) is 5.21. The molecule has 0 aliphatic carbocycles. The molecule has 28 heavy (non-hydrogen) atoms. The summed E-state index contributed by atoms with van der Waals surface area (Å²) in [7, 11) is 0. The molecule has 0 aromatic heterocycles. The van der Waals surface area contributed by atoms with Crippen molar-refractivity contribution in [3.63, 3.8) is 0 Å². The zero-order valence-corrected chi connectivity index (χ0v) is 17.1. The Morgan fingerprint density at radius 1 is 1.18 bits per heavy atom. The van der Waals surface area contributed by atoms with Gasteiger partial charge in [0.15, 0.2) is 5.92 Å². The summed E-state index contributed by atoms with van der Waals surface area (Å²) in [5, 5.41) is 0. The van der Waals surface area contributed by atoms with Crippen LogP contribution in [-0.2, 0) is 28.6 Å². The molecule has 2 rings (SSSR count). The fraction of sp³-hybridized carbons (Fsp3) is 0.500. The summed E-state index contributed by atoms with van der Waals surface area (Å²) in [6.45, 7) is 12.0. The highest BCUT2D eigenvalue weighted by Crippen LogP contribution is 2.40. The van der Waals surface area contributed by atoms with E-state index in [1.54, 1.807) is 51.1 Å². The first kappa shape index (κ1) is 21.7. The van der Waals surface area contributed by atoms with Gasteiger partial charge in [-0.2, -0.15) is 0 Å². The minimum absolute atomic E-state index is 0.231. The Hall–Kier alpha value is -2.63. The van der Waals surface area contributed by atoms with Crippen LogP contribution in [0.5, 0.6) is 0 Å². The molecule has 1 aliphatic rings. The van der Waals surface area contributed by atoms with Crippen LogP contribution < -0.4 is 0 Å². The first-order valence-electron chi connectivity index (χ1n) is 9.29. The summed E-state index contributed by atoms with van der Waals surface area (Å²) in [6.07, 6.45) is 1.81. The zero-order chi connectivity index (χ0) is 21.1. The second-order valence-electron chi connectivity index (χ2n) is 8.32. The summed E-state index contributed by atoms with van der Waals surface area (Å²) in [5.41, 5.74) is -0.0633. The van der Waals surface area contributed by atoms with Gasteiger partial charge in [0.05, 0.1) is 5.92 Å². The molecule has 0 unspecified atom stereocenters. The molecule has 0 radical (unpaired) electrons. The van der Waals surface area contributed by atoms with E-state index in [2.05, 4.69) is 6.58 Å². The van der Waals surface area contributed by atoms with Crippen LogP contribution in [0.4, 0.5) is 0 Å². The highest BCUT2D eigenvalue weighted by atomic mass is 16.7. The van der Waals surface area contributed by atoms with E-state index >= 15 is 0 Å². The molecule has 1 saturated heterocycles. The predicted octanol–water partition coefficient (Wildman–Crippen LogP) is 3.76. The van der Waals surface area contributed by atoms with E-state index in [0.29, 0.717) is 5.56 Å². The van der Waals surface area contributed by atoms with Crippen LogP contribution in [0.2, 0.25) is 0 Å². The predicted molar refractivity (Wildman–Crippen MR) is 103 cm³/mol. The van der Waals surface area contributed by atoms with Gasteiger partial charge in [0.1, 0.15) is 5.60 Å². The number of hydrogen-bond donors (Lipinski definition) is 0. The average Bonchev–Trinajstić information content (AvgIpc) is 2.54. The SMILES string of the molecule is C=CC[C@@H](C(=O)OC(C)(C)C)[C@@H](c1ccccc1)C1C(=O)OC(C)(C)OC1=O. The molecule has 0 amide bonds. The largest absolute Gasteiger partial charge is 0.460 e. The Bertz CT molecular complexity index is 724. The maximum atomic E-state index is 13.0. The number of benzene rings is 1. The fourth-order valence-corrected chi connectivity index (χ4v) is 3.30.